The zero-order chi connectivity index (χ0) is 21.9. The van der Waals surface area contributed by atoms with Crippen molar-refractivity contribution >= 4 is 11.6 Å². The van der Waals surface area contributed by atoms with Gasteiger partial charge in [-0.15, -0.1) is 10.2 Å². The Kier molecular flexibility index (Phi) is 6.67. The van der Waals surface area contributed by atoms with Crippen LogP contribution in [-0.4, -0.2) is 34.9 Å². The summed E-state index contributed by atoms with van der Waals surface area (Å²) in [4.78, 5) is 1.98. The maximum absolute atomic E-state index is 12.4. The summed E-state index contributed by atoms with van der Waals surface area (Å²) in [6.45, 7) is 3.14. The normalized spacial score (nSPS) is 11.9. The molecular formula is C21H21ClF3N3O2. The first kappa shape index (κ1) is 22.1. The second-order valence-electron chi connectivity index (χ2n) is 7.14. The van der Waals surface area contributed by atoms with Gasteiger partial charge in [-0.1, -0.05) is 23.7 Å². The molecule has 0 fully saturated rings. The molecule has 9 heteroatoms. The first-order valence-corrected chi connectivity index (χ1v) is 9.55. The van der Waals surface area contributed by atoms with Crippen LogP contribution in [0.15, 0.2) is 40.8 Å². The molecule has 0 spiro atoms. The summed E-state index contributed by atoms with van der Waals surface area (Å²) in [5, 5.41) is 8.76. The van der Waals surface area contributed by atoms with Gasteiger partial charge in [0, 0.05) is 17.1 Å². The molecule has 1 heterocycles. The zero-order valence-electron chi connectivity index (χ0n) is 16.8. The van der Waals surface area contributed by atoms with E-state index in [1.807, 2.05) is 24.1 Å². The first-order valence-electron chi connectivity index (χ1n) is 9.17. The molecule has 0 aliphatic heterocycles. The molecule has 0 atom stereocenters. The van der Waals surface area contributed by atoms with E-state index in [9.17, 15) is 13.2 Å². The summed E-state index contributed by atoms with van der Waals surface area (Å²) in [6.07, 6.45) is -4.37. The summed E-state index contributed by atoms with van der Waals surface area (Å²) in [7, 11) is 1.89. The second-order valence-corrected chi connectivity index (χ2v) is 7.58. The highest BCUT2D eigenvalue weighted by atomic mass is 35.5. The van der Waals surface area contributed by atoms with Gasteiger partial charge in [-0.3, -0.25) is 4.90 Å². The van der Waals surface area contributed by atoms with Gasteiger partial charge >= 0.3 is 6.18 Å². The standard InChI is InChI=1S/C21H21ClF3N3O2/c1-13-8-15(9-14(2)19(13)29-12-21(23,24)25)10-28(3)11-18-26-27-20(30-18)16-4-6-17(22)7-5-16/h4-9H,10-12H2,1-3H3. The van der Waals surface area contributed by atoms with Gasteiger partial charge in [0.25, 0.3) is 0 Å². The predicted molar refractivity (Wildman–Crippen MR) is 107 cm³/mol. The number of alkyl halides is 3. The maximum atomic E-state index is 12.4. The summed E-state index contributed by atoms with van der Waals surface area (Å²) in [6, 6.07) is 10.7. The summed E-state index contributed by atoms with van der Waals surface area (Å²) >= 11 is 5.89. The van der Waals surface area contributed by atoms with Crippen LogP contribution in [0, 0.1) is 13.8 Å². The first-order chi connectivity index (χ1) is 14.1. The Morgan fingerprint density at radius 3 is 2.27 bits per heavy atom. The number of hydrogen-bond acceptors (Lipinski definition) is 5. The lowest BCUT2D eigenvalue weighted by Crippen LogP contribution is -2.20. The Labute approximate surface area is 177 Å². The number of halogens is 4. The fourth-order valence-corrected chi connectivity index (χ4v) is 3.26. The van der Waals surface area contributed by atoms with Gasteiger partial charge in [-0.05, 0) is 61.9 Å². The molecule has 3 aromatic rings. The van der Waals surface area contributed by atoms with Crippen molar-refractivity contribution < 1.29 is 22.3 Å². The van der Waals surface area contributed by atoms with E-state index in [4.69, 9.17) is 20.8 Å². The van der Waals surface area contributed by atoms with E-state index in [-0.39, 0.29) is 5.75 Å². The van der Waals surface area contributed by atoms with Crippen molar-refractivity contribution in [1.82, 2.24) is 15.1 Å². The Bertz CT molecular complexity index is 980. The van der Waals surface area contributed by atoms with Crippen LogP contribution in [0.4, 0.5) is 13.2 Å². The molecule has 0 radical (unpaired) electrons. The Morgan fingerprint density at radius 2 is 1.67 bits per heavy atom. The van der Waals surface area contributed by atoms with Gasteiger partial charge in [0.1, 0.15) is 5.75 Å². The summed E-state index contributed by atoms with van der Waals surface area (Å²) in [5.74, 6) is 1.14. The third-order valence-electron chi connectivity index (χ3n) is 4.32. The van der Waals surface area contributed by atoms with Gasteiger partial charge in [-0.25, -0.2) is 0 Å². The topological polar surface area (TPSA) is 51.4 Å². The monoisotopic (exact) mass is 439 g/mol. The van der Waals surface area contributed by atoms with E-state index >= 15 is 0 Å². The smallest absolute Gasteiger partial charge is 0.422 e. The number of aromatic nitrogens is 2. The Morgan fingerprint density at radius 1 is 1.03 bits per heavy atom. The minimum atomic E-state index is -4.37. The number of nitrogens with zero attached hydrogens (tertiary/aromatic N) is 3. The SMILES string of the molecule is Cc1cc(CN(C)Cc2nnc(-c3ccc(Cl)cc3)o2)cc(C)c1OCC(F)(F)F. The number of hydrogen-bond donors (Lipinski definition) is 0. The van der Waals surface area contributed by atoms with E-state index in [2.05, 4.69) is 10.2 Å². The van der Waals surface area contributed by atoms with Crippen LogP contribution in [0.5, 0.6) is 5.75 Å². The lowest BCUT2D eigenvalue weighted by molar-refractivity contribution is -0.153. The van der Waals surface area contributed by atoms with E-state index in [1.54, 1.807) is 38.1 Å². The van der Waals surface area contributed by atoms with E-state index in [1.165, 1.54) is 0 Å². The summed E-state index contributed by atoms with van der Waals surface area (Å²) in [5.41, 5.74) is 3.04. The van der Waals surface area contributed by atoms with Crippen LogP contribution in [0.3, 0.4) is 0 Å². The average molecular weight is 440 g/mol. The van der Waals surface area contributed by atoms with Crippen LogP contribution in [0.25, 0.3) is 11.5 Å². The van der Waals surface area contributed by atoms with Crippen molar-refractivity contribution in [2.75, 3.05) is 13.7 Å². The average Bonchev–Trinajstić information content (AvgIpc) is 3.08. The molecule has 2 aromatic carbocycles. The highest BCUT2D eigenvalue weighted by Crippen LogP contribution is 2.28. The molecule has 3 rings (SSSR count). The molecule has 160 valence electrons. The predicted octanol–water partition coefficient (Wildman–Crippen LogP) is 5.58. The number of ether oxygens (including phenoxy) is 1. The number of aryl methyl sites for hydroxylation is 2. The van der Waals surface area contributed by atoms with Gasteiger partial charge < -0.3 is 9.15 Å². The maximum Gasteiger partial charge on any atom is 0.422 e. The van der Waals surface area contributed by atoms with Crippen molar-refractivity contribution in [3.05, 3.63) is 64.0 Å². The molecular weight excluding hydrogens is 419 g/mol. The van der Waals surface area contributed by atoms with Crippen LogP contribution >= 0.6 is 11.6 Å². The third-order valence-corrected chi connectivity index (χ3v) is 4.57. The molecule has 0 N–H and O–H groups in total. The molecule has 30 heavy (non-hydrogen) atoms. The largest absolute Gasteiger partial charge is 0.484 e. The van der Waals surface area contributed by atoms with Crippen molar-refractivity contribution in [2.45, 2.75) is 33.1 Å². The molecule has 5 nitrogen and oxygen atoms in total. The minimum Gasteiger partial charge on any atom is -0.484 e. The van der Waals surface area contributed by atoms with Gasteiger partial charge in [-0.2, -0.15) is 13.2 Å². The van der Waals surface area contributed by atoms with Crippen LogP contribution in [0.2, 0.25) is 5.02 Å². The molecule has 0 saturated carbocycles. The zero-order valence-corrected chi connectivity index (χ0v) is 17.5. The summed E-state index contributed by atoms with van der Waals surface area (Å²) < 4.78 is 48.0. The van der Waals surface area contributed by atoms with Crippen molar-refractivity contribution in [2.24, 2.45) is 0 Å². The highest BCUT2D eigenvalue weighted by Gasteiger charge is 2.29. The third kappa shape index (κ3) is 5.96. The fraction of sp³-hybridized carbons (Fsp3) is 0.333. The minimum absolute atomic E-state index is 0.267. The van der Waals surface area contributed by atoms with Crippen LogP contribution in [0.1, 0.15) is 22.6 Å². The van der Waals surface area contributed by atoms with Gasteiger partial charge in [0.2, 0.25) is 11.8 Å². The number of benzene rings is 2. The van der Waals surface area contributed by atoms with Gasteiger partial charge in [0.15, 0.2) is 6.61 Å². The highest BCUT2D eigenvalue weighted by molar-refractivity contribution is 6.30. The van der Waals surface area contributed by atoms with Crippen molar-refractivity contribution in [1.29, 1.82) is 0 Å². The molecule has 0 unspecified atom stereocenters. The van der Waals surface area contributed by atoms with Crippen LogP contribution in [-0.2, 0) is 13.1 Å². The fourth-order valence-electron chi connectivity index (χ4n) is 3.14. The Balaban J connectivity index is 1.63. The lowest BCUT2D eigenvalue weighted by atomic mass is 10.1. The molecule has 0 bridgehead atoms. The molecule has 0 saturated heterocycles. The van der Waals surface area contributed by atoms with E-state index < -0.39 is 12.8 Å². The van der Waals surface area contributed by atoms with Crippen molar-refractivity contribution in [3.63, 3.8) is 0 Å². The van der Waals surface area contributed by atoms with Crippen LogP contribution < -0.4 is 4.74 Å². The molecule has 0 amide bonds. The molecule has 0 aliphatic rings. The van der Waals surface area contributed by atoms with Crippen molar-refractivity contribution in [3.8, 4) is 17.2 Å². The molecule has 0 aliphatic carbocycles. The lowest BCUT2D eigenvalue weighted by Gasteiger charge is -2.18. The van der Waals surface area contributed by atoms with E-state index in [0.717, 1.165) is 11.1 Å². The Hall–Kier alpha value is -2.58. The van der Waals surface area contributed by atoms with Gasteiger partial charge in [0.05, 0.1) is 6.54 Å². The quantitative estimate of drug-likeness (QED) is 0.481. The second kappa shape index (κ2) is 9.06. The molecule has 1 aromatic heterocycles. The number of rotatable bonds is 7. The van der Waals surface area contributed by atoms with E-state index in [0.29, 0.717) is 41.0 Å².